The fraction of sp³-hybridized carbons (Fsp3) is 0.0800. The summed E-state index contributed by atoms with van der Waals surface area (Å²) in [5, 5.41) is 4.40. The first kappa shape index (κ1) is 21.6. The van der Waals surface area contributed by atoms with E-state index >= 15 is 0 Å². The van der Waals surface area contributed by atoms with E-state index in [0.717, 1.165) is 34.2 Å². The minimum absolute atomic E-state index is 0.153. The van der Waals surface area contributed by atoms with Crippen molar-refractivity contribution in [3.63, 3.8) is 0 Å². The van der Waals surface area contributed by atoms with Crippen LogP contribution < -0.4 is 5.32 Å². The smallest absolute Gasteiger partial charge is 0.342 e. The quantitative estimate of drug-likeness (QED) is 0.298. The van der Waals surface area contributed by atoms with E-state index in [0.29, 0.717) is 27.7 Å². The van der Waals surface area contributed by atoms with E-state index in [-0.39, 0.29) is 5.69 Å². The maximum absolute atomic E-state index is 13.1. The third-order valence-corrected chi connectivity index (χ3v) is 6.33. The molecule has 33 heavy (non-hydrogen) atoms. The number of rotatable bonds is 3. The Balaban J connectivity index is 1.58. The SMILES string of the molecule is O=C1Nc2cc(C(F)(F)F)ccc2/C1=C\c1cn(Cc2ccc(Cl)c(Cl)c2)c2ccccc12. The fourth-order valence-corrected chi connectivity index (χ4v) is 4.35. The zero-order valence-corrected chi connectivity index (χ0v) is 18.4. The Morgan fingerprint density at radius 2 is 1.76 bits per heavy atom. The number of anilines is 1. The molecule has 2 heterocycles. The standard InChI is InChI=1S/C25H15Cl2F3N2O/c26-20-8-5-14(9-21(20)27)12-32-13-15(17-3-1-2-4-23(17)32)10-19-18-7-6-16(25(28,29)30)11-22(18)31-24(19)33/h1-11,13H,12H2,(H,31,33)/b19-10+. The van der Waals surface area contributed by atoms with E-state index in [1.165, 1.54) is 6.07 Å². The van der Waals surface area contributed by atoms with Crippen molar-refractivity contribution in [2.75, 3.05) is 5.32 Å². The highest BCUT2D eigenvalue weighted by molar-refractivity contribution is 6.42. The summed E-state index contributed by atoms with van der Waals surface area (Å²) in [4.78, 5) is 12.6. The predicted molar refractivity (Wildman–Crippen MR) is 125 cm³/mol. The van der Waals surface area contributed by atoms with E-state index in [9.17, 15) is 18.0 Å². The molecular weight excluding hydrogens is 472 g/mol. The molecule has 1 aliphatic rings. The van der Waals surface area contributed by atoms with E-state index in [4.69, 9.17) is 23.2 Å². The normalized spacial score (nSPS) is 14.7. The molecule has 3 aromatic carbocycles. The minimum atomic E-state index is -4.48. The van der Waals surface area contributed by atoms with Gasteiger partial charge in [0.25, 0.3) is 5.91 Å². The van der Waals surface area contributed by atoms with Gasteiger partial charge in [-0.05, 0) is 42.0 Å². The molecule has 5 rings (SSSR count). The number of nitrogens with one attached hydrogen (secondary N) is 1. The summed E-state index contributed by atoms with van der Waals surface area (Å²) in [5.41, 5.74) is 2.78. The van der Waals surface area contributed by atoms with Gasteiger partial charge in [-0.3, -0.25) is 4.79 Å². The van der Waals surface area contributed by atoms with Crippen LogP contribution >= 0.6 is 23.2 Å². The Morgan fingerprint density at radius 1 is 0.970 bits per heavy atom. The molecule has 0 saturated heterocycles. The maximum Gasteiger partial charge on any atom is 0.416 e. The van der Waals surface area contributed by atoms with Crippen molar-refractivity contribution in [3.05, 3.63) is 99.2 Å². The first-order valence-electron chi connectivity index (χ1n) is 9.97. The van der Waals surface area contributed by atoms with Crippen molar-refractivity contribution in [2.45, 2.75) is 12.7 Å². The second kappa shape index (κ2) is 7.97. The molecule has 166 valence electrons. The molecule has 1 amide bonds. The molecule has 0 unspecified atom stereocenters. The highest BCUT2D eigenvalue weighted by Gasteiger charge is 2.33. The highest BCUT2D eigenvalue weighted by Crippen LogP contribution is 2.39. The molecule has 1 aliphatic heterocycles. The predicted octanol–water partition coefficient (Wildman–Crippen LogP) is 7.51. The number of hydrogen-bond donors (Lipinski definition) is 1. The van der Waals surface area contributed by atoms with Gasteiger partial charge in [0.1, 0.15) is 0 Å². The van der Waals surface area contributed by atoms with Gasteiger partial charge < -0.3 is 9.88 Å². The molecule has 0 bridgehead atoms. The summed E-state index contributed by atoms with van der Waals surface area (Å²) in [6.07, 6.45) is -0.859. The van der Waals surface area contributed by atoms with E-state index in [2.05, 4.69) is 5.32 Å². The summed E-state index contributed by atoms with van der Waals surface area (Å²) >= 11 is 12.2. The van der Waals surface area contributed by atoms with Gasteiger partial charge in [-0.2, -0.15) is 13.2 Å². The third-order valence-electron chi connectivity index (χ3n) is 5.59. The molecule has 0 fully saturated rings. The van der Waals surface area contributed by atoms with Crippen LogP contribution in [0.1, 0.15) is 22.3 Å². The number of para-hydroxylation sites is 1. The maximum atomic E-state index is 13.1. The Kier molecular flexibility index (Phi) is 5.22. The number of hydrogen-bond acceptors (Lipinski definition) is 1. The fourth-order valence-electron chi connectivity index (χ4n) is 4.03. The van der Waals surface area contributed by atoms with Crippen molar-refractivity contribution < 1.29 is 18.0 Å². The van der Waals surface area contributed by atoms with Crippen molar-refractivity contribution in [2.24, 2.45) is 0 Å². The zero-order valence-electron chi connectivity index (χ0n) is 16.9. The van der Waals surface area contributed by atoms with Gasteiger partial charge in [0, 0.05) is 46.0 Å². The number of benzene rings is 3. The van der Waals surface area contributed by atoms with Gasteiger partial charge in [-0.15, -0.1) is 0 Å². The van der Waals surface area contributed by atoms with Crippen LogP contribution in [0.2, 0.25) is 10.0 Å². The van der Waals surface area contributed by atoms with Crippen LogP contribution in [-0.4, -0.2) is 10.5 Å². The van der Waals surface area contributed by atoms with Gasteiger partial charge >= 0.3 is 6.18 Å². The zero-order chi connectivity index (χ0) is 23.3. The molecule has 0 saturated carbocycles. The largest absolute Gasteiger partial charge is 0.416 e. The van der Waals surface area contributed by atoms with Crippen molar-refractivity contribution in [1.82, 2.24) is 4.57 Å². The first-order valence-corrected chi connectivity index (χ1v) is 10.7. The number of nitrogens with zero attached hydrogens (tertiary/aromatic N) is 1. The van der Waals surface area contributed by atoms with Crippen molar-refractivity contribution in [1.29, 1.82) is 0 Å². The van der Waals surface area contributed by atoms with Gasteiger partial charge in [0.15, 0.2) is 0 Å². The van der Waals surface area contributed by atoms with E-state index in [1.807, 2.05) is 41.1 Å². The lowest BCUT2D eigenvalue weighted by atomic mass is 10.0. The van der Waals surface area contributed by atoms with Crippen LogP contribution in [-0.2, 0) is 17.5 Å². The number of carbonyl (C=O) groups is 1. The van der Waals surface area contributed by atoms with Crippen molar-refractivity contribution >= 4 is 57.3 Å². The Hall–Kier alpha value is -3.22. The van der Waals surface area contributed by atoms with Crippen molar-refractivity contribution in [3.8, 4) is 0 Å². The van der Waals surface area contributed by atoms with Crippen LogP contribution in [0.25, 0.3) is 22.6 Å². The summed E-state index contributed by atoms with van der Waals surface area (Å²) in [6.45, 7) is 0.526. The average molecular weight is 487 g/mol. The van der Waals surface area contributed by atoms with Gasteiger partial charge in [0.05, 0.1) is 15.6 Å². The van der Waals surface area contributed by atoms with Crippen LogP contribution in [0, 0.1) is 0 Å². The number of alkyl halides is 3. The number of carbonyl (C=O) groups excluding carboxylic acids is 1. The molecule has 4 aromatic rings. The van der Waals surface area contributed by atoms with Crippen LogP contribution in [0.4, 0.5) is 18.9 Å². The molecule has 0 radical (unpaired) electrons. The second-order valence-corrected chi connectivity index (χ2v) is 8.56. The molecule has 1 N–H and O–H groups in total. The summed E-state index contributed by atoms with van der Waals surface area (Å²) in [6, 6.07) is 16.4. The molecule has 3 nitrogen and oxygen atoms in total. The van der Waals surface area contributed by atoms with Crippen LogP contribution in [0.3, 0.4) is 0 Å². The lowest BCUT2D eigenvalue weighted by Gasteiger charge is -2.08. The summed E-state index contributed by atoms with van der Waals surface area (Å²) < 4.78 is 41.2. The number of fused-ring (bicyclic) bond motifs is 2. The summed E-state index contributed by atoms with van der Waals surface area (Å²) in [5.74, 6) is -0.439. The lowest BCUT2D eigenvalue weighted by Crippen LogP contribution is -2.06. The van der Waals surface area contributed by atoms with Crippen LogP contribution in [0.5, 0.6) is 0 Å². The van der Waals surface area contributed by atoms with E-state index < -0.39 is 17.6 Å². The molecule has 0 atom stereocenters. The van der Waals surface area contributed by atoms with Gasteiger partial charge in [-0.1, -0.05) is 53.5 Å². The molecular formula is C25H15Cl2F3N2O. The van der Waals surface area contributed by atoms with Gasteiger partial charge in [-0.25, -0.2) is 0 Å². The Morgan fingerprint density at radius 3 is 2.52 bits per heavy atom. The second-order valence-electron chi connectivity index (χ2n) is 7.75. The molecule has 0 spiro atoms. The topological polar surface area (TPSA) is 34.0 Å². The summed E-state index contributed by atoms with van der Waals surface area (Å²) in [7, 11) is 0. The monoisotopic (exact) mass is 486 g/mol. The number of aromatic nitrogens is 1. The number of halogens is 5. The van der Waals surface area contributed by atoms with Crippen LogP contribution in [0.15, 0.2) is 66.9 Å². The molecule has 0 aliphatic carbocycles. The molecule has 8 heteroatoms. The highest BCUT2D eigenvalue weighted by atomic mass is 35.5. The minimum Gasteiger partial charge on any atom is -0.342 e. The number of amides is 1. The lowest BCUT2D eigenvalue weighted by molar-refractivity contribution is -0.137. The Bertz CT molecular complexity index is 1450. The first-order chi connectivity index (χ1) is 15.7. The average Bonchev–Trinajstić information content (AvgIpc) is 3.27. The third kappa shape index (κ3) is 4.01. The van der Waals surface area contributed by atoms with E-state index in [1.54, 1.807) is 18.2 Å². The molecule has 1 aromatic heterocycles. The Labute approximate surface area is 197 Å². The van der Waals surface area contributed by atoms with Gasteiger partial charge in [0.2, 0.25) is 0 Å².